The molecule has 1 N–H and O–H groups in total. The molecule has 0 atom stereocenters. The van der Waals surface area contributed by atoms with Gasteiger partial charge in [0, 0.05) is 0 Å². The summed E-state index contributed by atoms with van der Waals surface area (Å²) < 4.78 is 29.3. The van der Waals surface area contributed by atoms with Crippen LogP contribution in [0.15, 0.2) is 16.9 Å². The predicted molar refractivity (Wildman–Crippen MR) is 44.2 cm³/mol. The Hall–Kier alpha value is -1.04. The highest BCUT2D eigenvalue weighted by molar-refractivity contribution is 7.93. The lowest BCUT2D eigenvalue weighted by Crippen LogP contribution is -2.22. The van der Waals surface area contributed by atoms with Crippen LogP contribution >= 0.6 is 0 Å². The summed E-state index contributed by atoms with van der Waals surface area (Å²) in [7, 11) is -3.33. The van der Waals surface area contributed by atoms with Crippen LogP contribution in [0.4, 0.5) is 6.01 Å². The minimum Gasteiger partial charge on any atom is -0.432 e. The van der Waals surface area contributed by atoms with Crippen LogP contribution in [0.3, 0.4) is 0 Å². The molecule has 0 radical (unpaired) electrons. The van der Waals surface area contributed by atoms with Crippen molar-refractivity contribution in [3.63, 3.8) is 0 Å². The molecular weight excluding hydrogens is 180 g/mol. The van der Waals surface area contributed by atoms with E-state index in [0.717, 1.165) is 0 Å². The third-order valence-corrected chi connectivity index (χ3v) is 2.98. The number of nitrogens with one attached hydrogen (secondary N) is 1. The Labute approximate surface area is 70.9 Å². The van der Waals surface area contributed by atoms with Gasteiger partial charge in [-0.25, -0.2) is 18.1 Å². The quantitative estimate of drug-likeness (QED) is 0.766. The summed E-state index contributed by atoms with van der Waals surface area (Å²) in [4.78, 5) is 3.63. The summed E-state index contributed by atoms with van der Waals surface area (Å²) in [6.07, 6.45) is 2.68. The summed E-state index contributed by atoms with van der Waals surface area (Å²) in [6, 6.07) is 0.00343. The van der Waals surface area contributed by atoms with E-state index >= 15 is 0 Å². The maximum Gasteiger partial charge on any atom is 0.308 e. The Kier molecular flexibility index (Phi) is 2.37. The van der Waals surface area contributed by atoms with Gasteiger partial charge in [-0.2, -0.15) is 0 Å². The van der Waals surface area contributed by atoms with E-state index in [2.05, 4.69) is 9.71 Å². The third kappa shape index (κ3) is 1.97. The zero-order valence-corrected chi connectivity index (χ0v) is 7.63. The molecule has 0 aliphatic heterocycles. The number of rotatable bonds is 3. The average molecular weight is 190 g/mol. The second-order valence-corrected chi connectivity index (χ2v) is 4.77. The Bertz CT molecular complexity index is 328. The number of anilines is 1. The zero-order chi connectivity index (χ0) is 9.19. The minimum absolute atomic E-state index is 0.00343. The van der Waals surface area contributed by atoms with Crippen molar-refractivity contribution in [1.29, 1.82) is 0 Å². The zero-order valence-electron chi connectivity index (χ0n) is 6.81. The molecular formula is C6H10N2O3S. The molecule has 5 nitrogen and oxygen atoms in total. The van der Waals surface area contributed by atoms with Crippen LogP contribution in [-0.2, 0) is 10.0 Å². The summed E-state index contributed by atoms with van der Waals surface area (Å²) in [5, 5.41) is -0.496. The number of hydrogen-bond donors (Lipinski definition) is 1. The molecule has 68 valence electrons. The molecule has 0 bridgehead atoms. The fraction of sp³-hybridized carbons (Fsp3) is 0.500. The van der Waals surface area contributed by atoms with Gasteiger partial charge in [0.15, 0.2) is 0 Å². The van der Waals surface area contributed by atoms with Gasteiger partial charge in [0.2, 0.25) is 10.0 Å². The van der Waals surface area contributed by atoms with Crippen LogP contribution in [-0.4, -0.2) is 18.7 Å². The van der Waals surface area contributed by atoms with Gasteiger partial charge < -0.3 is 4.42 Å². The molecule has 0 saturated carbocycles. The van der Waals surface area contributed by atoms with Gasteiger partial charge in [0.1, 0.15) is 6.26 Å². The van der Waals surface area contributed by atoms with Crippen molar-refractivity contribution < 1.29 is 12.8 Å². The number of nitrogens with zero attached hydrogens (tertiary/aromatic N) is 1. The van der Waals surface area contributed by atoms with E-state index in [1.54, 1.807) is 13.8 Å². The van der Waals surface area contributed by atoms with Crippen LogP contribution in [0.25, 0.3) is 0 Å². The summed E-state index contributed by atoms with van der Waals surface area (Å²) in [5.74, 6) is 0. The molecule has 1 aromatic rings. The van der Waals surface area contributed by atoms with Crippen LogP contribution in [0.1, 0.15) is 13.8 Å². The van der Waals surface area contributed by atoms with Gasteiger partial charge in [-0.05, 0) is 13.8 Å². The van der Waals surface area contributed by atoms with Crippen LogP contribution in [0, 0.1) is 0 Å². The molecule has 0 spiro atoms. The molecule has 0 amide bonds. The highest BCUT2D eigenvalue weighted by atomic mass is 32.2. The maximum atomic E-state index is 11.2. The van der Waals surface area contributed by atoms with Crippen molar-refractivity contribution in [2.75, 3.05) is 4.72 Å². The highest BCUT2D eigenvalue weighted by Crippen LogP contribution is 2.07. The summed E-state index contributed by atoms with van der Waals surface area (Å²) in [6.45, 7) is 3.15. The molecule has 12 heavy (non-hydrogen) atoms. The van der Waals surface area contributed by atoms with Gasteiger partial charge >= 0.3 is 6.01 Å². The number of sulfonamides is 1. The number of aromatic nitrogens is 1. The predicted octanol–water partition coefficient (Wildman–Crippen LogP) is 0.825. The Morgan fingerprint density at radius 1 is 1.58 bits per heavy atom. The van der Waals surface area contributed by atoms with Crippen molar-refractivity contribution in [2.24, 2.45) is 0 Å². The second kappa shape index (κ2) is 3.14. The van der Waals surface area contributed by atoms with Crippen molar-refractivity contribution in [2.45, 2.75) is 19.1 Å². The normalized spacial score (nSPS) is 11.9. The first-order valence-corrected chi connectivity index (χ1v) is 4.98. The van der Waals surface area contributed by atoms with Gasteiger partial charge in [0.25, 0.3) is 0 Å². The fourth-order valence-electron chi connectivity index (χ4n) is 0.513. The lowest BCUT2D eigenvalue weighted by molar-refractivity contribution is 0.567. The highest BCUT2D eigenvalue weighted by Gasteiger charge is 2.17. The van der Waals surface area contributed by atoms with Gasteiger partial charge in [-0.1, -0.05) is 0 Å². The van der Waals surface area contributed by atoms with Gasteiger partial charge in [-0.15, -0.1) is 0 Å². The van der Waals surface area contributed by atoms with E-state index in [4.69, 9.17) is 4.42 Å². The number of hydrogen-bond acceptors (Lipinski definition) is 4. The summed E-state index contributed by atoms with van der Waals surface area (Å²) >= 11 is 0. The SMILES string of the molecule is CC(C)S(=O)(=O)Nc1ncco1. The molecule has 0 aliphatic carbocycles. The molecule has 0 fully saturated rings. The van der Waals surface area contributed by atoms with Gasteiger partial charge in [0.05, 0.1) is 11.4 Å². The Balaban J connectivity index is 2.77. The molecule has 6 heteroatoms. The largest absolute Gasteiger partial charge is 0.432 e. The Morgan fingerprint density at radius 2 is 2.25 bits per heavy atom. The maximum absolute atomic E-state index is 11.2. The van der Waals surface area contributed by atoms with E-state index in [-0.39, 0.29) is 6.01 Å². The fourth-order valence-corrected chi connectivity index (χ4v) is 1.09. The van der Waals surface area contributed by atoms with Crippen LogP contribution < -0.4 is 4.72 Å². The summed E-state index contributed by atoms with van der Waals surface area (Å²) in [5.41, 5.74) is 0. The van der Waals surface area contributed by atoms with Crippen LogP contribution in [0.2, 0.25) is 0 Å². The molecule has 0 saturated heterocycles. The molecule has 1 aromatic heterocycles. The topological polar surface area (TPSA) is 72.2 Å². The van der Waals surface area contributed by atoms with E-state index in [1.807, 2.05) is 0 Å². The van der Waals surface area contributed by atoms with E-state index in [9.17, 15) is 8.42 Å². The van der Waals surface area contributed by atoms with E-state index in [0.29, 0.717) is 0 Å². The first-order valence-electron chi connectivity index (χ1n) is 3.43. The van der Waals surface area contributed by atoms with Crippen molar-refractivity contribution >= 4 is 16.0 Å². The smallest absolute Gasteiger partial charge is 0.308 e. The first-order chi connectivity index (χ1) is 5.52. The lowest BCUT2D eigenvalue weighted by atomic mass is 10.6. The molecule has 0 aliphatic rings. The minimum atomic E-state index is -3.33. The molecule has 1 heterocycles. The van der Waals surface area contributed by atoms with Crippen molar-refractivity contribution in [3.8, 4) is 0 Å². The molecule has 0 aromatic carbocycles. The van der Waals surface area contributed by atoms with E-state index in [1.165, 1.54) is 12.5 Å². The lowest BCUT2D eigenvalue weighted by Gasteiger charge is -2.06. The Morgan fingerprint density at radius 3 is 2.67 bits per heavy atom. The monoisotopic (exact) mass is 190 g/mol. The van der Waals surface area contributed by atoms with Gasteiger partial charge in [-0.3, -0.25) is 0 Å². The molecule has 1 rings (SSSR count). The molecule has 0 unspecified atom stereocenters. The number of oxazole rings is 1. The first kappa shape index (κ1) is 9.05. The standard InChI is InChI=1S/C6H10N2O3S/c1-5(2)12(9,10)8-6-7-3-4-11-6/h3-5H,1-2H3,(H,7,8). The van der Waals surface area contributed by atoms with Crippen molar-refractivity contribution in [1.82, 2.24) is 4.98 Å². The second-order valence-electron chi connectivity index (χ2n) is 2.53. The van der Waals surface area contributed by atoms with Crippen molar-refractivity contribution in [3.05, 3.63) is 12.5 Å². The third-order valence-electron chi connectivity index (χ3n) is 1.28. The average Bonchev–Trinajstić information content (AvgIpc) is 2.38. The van der Waals surface area contributed by atoms with E-state index < -0.39 is 15.3 Å². The van der Waals surface area contributed by atoms with Crippen LogP contribution in [0.5, 0.6) is 0 Å².